The smallest absolute Gasteiger partial charge is 0.269 e. The molecule has 0 aliphatic rings. The summed E-state index contributed by atoms with van der Waals surface area (Å²) in [7, 11) is 0. The Hall–Kier alpha value is -1.95. The summed E-state index contributed by atoms with van der Waals surface area (Å²) in [6.45, 7) is 7.82. The quantitative estimate of drug-likeness (QED) is 0.851. The Balaban J connectivity index is 2.28. The molecule has 2 rings (SSSR count). The van der Waals surface area contributed by atoms with Crippen LogP contribution in [0.4, 0.5) is 11.4 Å². The van der Waals surface area contributed by atoms with Gasteiger partial charge in [0.15, 0.2) is 0 Å². The van der Waals surface area contributed by atoms with Gasteiger partial charge in [0, 0.05) is 11.4 Å². The van der Waals surface area contributed by atoms with Crippen molar-refractivity contribution in [2.24, 2.45) is 0 Å². The van der Waals surface area contributed by atoms with Crippen LogP contribution >= 0.6 is 11.5 Å². The first-order chi connectivity index (χ1) is 9.40. The third kappa shape index (κ3) is 2.80. The molecular formula is C14H18N4OS. The van der Waals surface area contributed by atoms with E-state index >= 15 is 0 Å². The van der Waals surface area contributed by atoms with E-state index < -0.39 is 0 Å². The molecule has 1 heterocycles. The number of anilines is 2. The van der Waals surface area contributed by atoms with Crippen LogP contribution in [0.15, 0.2) is 12.1 Å². The number of nitrogens with zero attached hydrogens (tertiary/aromatic N) is 2. The molecule has 0 radical (unpaired) electrons. The van der Waals surface area contributed by atoms with Crippen LogP contribution in [0.1, 0.15) is 46.3 Å². The van der Waals surface area contributed by atoms with Gasteiger partial charge in [-0.15, -0.1) is 5.10 Å². The van der Waals surface area contributed by atoms with Crippen LogP contribution in [0.25, 0.3) is 0 Å². The predicted octanol–water partition coefficient (Wildman–Crippen LogP) is 3.11. The summed E-state index contributed by atoms with van der Waals surface area (Å²) in [5.74, 6) is -0.000257. The summed E-state index contributed by atoms with van der Waals surface area (Å²) in [4.78, 5) is 12.9. The van der Waals surface area contributed by atoms with Crippen LogP contribution in [0.5, 0.6) is 0 Å². The molecule has 0 aliphatic heterocycles. The van der Waals surface area contributed by atoms with Crippen LogP contribution in [0.2, 0.25) is 0 Å². The summed E-state index contributed by atoms with van der Waals surface area (Å²) in [6.07, 6.45) is 0. The van der Waals surface area contributed by atoms with Gasteiger partial charge in [0.05, 0.1) is 5.69 Å². The number of rotatable bonds is 3. The Morgan fingerprint density at radius 2 is 2.00 bits per heavy atom. The summed E-state index contributed by atoms with van der Waals surface area (Å²) >= 11 is 1.12. The summed E-state index contributed by atoms with van der Waals surface area (Å²) < 4.78 is 3.87. The van der Waals surface area contributed by atoms with E-state index in [2.05, 4.69) is 14.9 Å². The van der Waals surface area contributed by atoms with Crippen LogP contribution in [-0.4, -0.2) is 15.5 Å². The zero-order valence-corrected chi connectivity index (χ0v) is 12.8. The molecule has 106 valence electrons. The third-order valence-corrected chi connectivity index (χ3v) is 3.87. The molecule has 0 spiro atoms. The van der Waals surface area contributed by atoms with Crippen molar-refractivity contribution in [3.8, 4) is 0 Å². The average Bonchev–Trinajstić information content (AvgIpc) is 2.85. The van der Waals surface area contributed by atoms with Crippen molar-refractivity contribution in [2.45, 2.75) is 33.6 Å². The van der Waals surface area contributed by atoms with Crippen LogP contribution < -0.4 is 11.1 Å². The molecule has 0 saturated heterocycles. The van der Waals surface area contributed by atoms with Crippen LogP contribution in [-0.2, 0) is 0 Å². The van der Waals surface area contributed by atoms with E-state index in [4.69, 9.17) is 5.73 Å². The number of nitrogens with two attached hydrogens (primary N) is 1. The van der Waals surface area contributed by atoms with Gasteiger partial charge >= 0.3 is 0 Å². The van der Waals surface area contributed by atoms with Crippen LogP contribution in [0, 0.1) is 13.8 Å². The van der Waals surface area contributed by atoms with E-state index in [-0.39, 0.29) is 11.8 Å². The second kappa shape index (κ2) is 5.58. The first-order valence-corrected chi connectivity index (χ1v) is 7.17. The number of amides is 1. The minimum atomic E-state index is -0.170. The fraction of sp³-hybridized carbons (Fsp3) is 0.357. The Morgan fingerprint density at radius 1 is 1.30 bits per heavy atom. The molecule has 3 N–H and O–H groups in total. The molecule has 0 aliphatic carbocycles. The summed E-state index contributed by atoms with van der Waals surface area (Å²) in [6, 6.07) is 3.74. The van der Waals surface area contributed by atoms with Gasteiger partial charge in [-0.05, 0) is 54.6 Å². The normalized spacial score (nSPS) is 10.8. The lowest BCUT2D eigenvalue weighted by molar-refractivity contribution is 0.102. The standard InChI is InChI=1S/C14H18N4OS/c1-7(2)12-13(20-18-17-12)14(19)16-11-6-8(3)10(15)5-9(11)4/h5-7H,15H2,1-4H3,(H,16,19). The molecule has 1 aromatic heterocycles. The number of carbonyl (C=O) groups is 1. The zero-order valence-electron chi connectivity index (χ0n) is 12.0. The van der Waals surface area contributed by atoms with Crippen molar-refractivity contribution >= 4 is 28.8 Å². The lowest BCUT2D eigenvalue weighted by atomic mass is 10.1. The van der Waals surface area contributed by atoms with Gasteiger partial charge in [-0.2, -0.15) is 0 Å². The number of nitrogens with one attached hydrogen (secondary N) is 1. The highest BCUT2D eigenvalue weighted by Crippen LogP contribution is 2.25. The highest BCUT2D eigenvalue weighted by Gasteiger charge is 2.19. The lowest BCUT2D eigenvalue weighted by Crippen LogP contribution is -2.14. The maximum atomic E-state index is 12.3. The Bertz CT molecular complexity index is 649. The molecule has 1 amide bonds. The molecule has 20 heavy (non-hydrogen) atoms. The maximum Gasteiger partial charge on any atom is 0.269 e. The second-order valence-corrected chi connectivity index (χ2v) is 5.87. The molecule has 0 bridgehead atoms. The lowest BCUT2D eigenvalue weighted by Gasteiger charge is -2.11. The van der Waals surface area contributed by atoms with E-state index in [1.165, 1.54) is 0 Å². The number of hydrogen-bond acceptors (Lipinski definition) is 5. The highest BCUT2D eigenvalue weighted by molar-refractivity contribution is 7.08. The monoisotopic (exact) mass is 290 g/mol. The minimum Gasteiger partial charge on any atom is -0.399 e. The number of nitrogen functional groups attached to an aromatic ring is 1. The molecule has 0 fully saturated rings. The highest BCUT2D eigenvalue weighted by atomic mass is 32.1. The predicted molar refractivity (Wildman–Crippen MR) is 82.3 cm³/mol. The molecule has 5 nitrogen and oxygen atoms in total. The van der Waals surface area contributed by atoms with Crippen LogP contribution in [0.3, 0.4) is 0 Å². The molecule has 1 aromatic carbocycles. The molecular weight excluding hydrogens is 272 g/mol. The summed E-state index contributed by atoms with van der Waals surface area (Å²) in [5, 5.41) is 6.93. The molecule has 0 unspecified atom stereocenters. The Labute approximate surface area is 122 Å². The first kappa shape index (κ1) is 14.5. The van der Waals surface area contributed by atoms with E-state index in [1.54, 1.807) is 0 Å². The SMILES string of the molecule is Cc1cc(NC(=O)c2snnc2C(C)C)c(C)cc1N. The fourth-order valence-corrected chi connectivity index (χ4v) is 2.60. The summed E-state index contributed by atoms with van der Waals surface area (Å²) in [5.41, 5.74) is 9.95. The zero-order chi connectivity index (χ0) is 14.9. The van der Waals surface area contributed by atoms with Gasteiger partial charge in [0.2, 0.25) is 0 Å². The largest absolute Gasteiger partial charge is 0.399 e. The third-order valence-electron chi connectivity index (χ3n) is 3.13. The average molecular weight is 290 g/mol. The van der Waals surface area contributed by atoms with E-state index in [0.717, 1.165) is 39.7 Å². The Kier molecular flexibility index (Phi) is 4.04. The van der Waals surface area contributed by atoms with Crippen molar-refractivity contribution in [3.05, 3.63) is 33.8 Å². The van der Waals surface area contributed by atoms with Gasteiger partial charge in [0.25, 0.3) is 5.91 Å². The molecule has 0 saturated carbocycles. The molecule has 6 heteroatoms. The van der Waals surface area contributed by atoms with Crippen molar-refractivity contribution in [3.63, 3.8) is 0 Å². The number of aryl methyl sites for hydroxylation is 2. The van der Waals surface area contributed by atoms with Gasteiger partial charge < -0.3 is 11.1 Å². The minimum absolute atomic E-state index is 0.170. The van der Waals surface area contributed by atoms with Gasteiger partial charge in [0.1, 0.15) is 4.88 Å². The van der Waals surface area contributed by atoms with Crippen molar-refractivity contribution < 1.29 is 4.79 Å². The maximum absolute atomic E-state index is 12.3. The molecule has 2 aromatic rings. The number of benzene rings is 1. The second-order valence-electron chi connectivity index (χ2n) is 5.12. The fourth-order valence-electron chi connectivity index (χ4n) is 1.89. The molecule has 0 atom stereocenters. The Morgan fingerprint density at radius 3 is 2.65 bits per heavy atom. The number of aromatic nitrogens is 2. The van der Waals surface area contributed by atoms with Gasteiger partial charge in [-0.25, -0.2) is 0 Å². The van der Waals surface area contributed by atoms with E-state index in [9.17, 15) is 4.79 Å². The first-order valence-electron chi connectivity index (χ1n) is 6.40. The number of carbonyl (C=O) groups excluding carboxylic acids is 1. The van der Waals surface area contributed by atoms with E-state index in [1.807, 2.05) is 39.8 Å². The van der Waals surface area contributed by atoms with E-state index in [0.29, 0.717) is 4.88 Å². The van der Waals surface area contributed by atoms with Crippen molar-refractivity contribution in [1.82, 2.24) is 9.59 Å². The number of hydrogen-bond donors (Lipinski definition) is 2. The topological polar surface area (TPSA) is 80.9 Å². The van der Waals surface area contributed by atoms with Gasteiger partial charge in [-0.1, -0.05) is 18.3 Å². The van der Waals surface area contributed by atoms with Crippen molar-refractivity contribution in [1.29, 1.82) is 0 Å². The van der Waals surface area contributed by atoms with Crippen molar-refractivity contribution in [2.75, 3.05) is 11.1 Å². The van der Waals surface area contributed by atoms with Gasteiger partial charge in [-0.3, -0.25) is 4.79 Å².